The summed E-state index contributed by atoms with van der Waals surface area (Å²) in [6, 6.07) is 18.2. The summed E-state index contributed by atoms with van der Waals surface area (Å²) in [6.07, 6.45) is 0. The van der Waals surface area contributed by atoms with Crippen LogP contribution in [0.1, 0.15) is 31.1 Å². The molecule has 0 unspecified atom stereocenters. The van der Waals surface area contributed by atoms with Crippen LogP contribution in [-0.2, 0) is 0 Å². The molecule has 3 rings (SSSR count). The van der Waals surface area contributed by atoms with Crippen LogP contribution in [0.4, 0.5) is 17.1 Å². The molecule has 0 aliphatic carbocycles. The van der Waals surface area contributed by atoms with E-state index in [1.807, 2.05) is 0 Å². The van der Waals surface area contributed by atoms with E-state index in [1.165, 1.54) is 36.4 Å². The summed E-state index contributed by atoms with van der Waals surface area (Å²) in [7, 11) is 0. The second-order valence-electron chi connectivity index (χ2n) is 5.78. The molecule has 9 nitrogen and oxygen atoms in total. The average Bonchev–Trinajstić information content (AvgIpc) is 2.70. The van der Waals surface area contributed by atoms with Crippen molar-refractivity contribution in [1.82, 2.24) is 0 Å². The van der Waals surface area contributed by atoms with Gasteiger partial charge in [0.05, 0.1) is 16.7 Å². The number of carbonyl (C=O) groups is 3. The molecule has 0 spiro atoms. The van der Waals surface area contributed by atoms with Gasteiger partial charge in [-0.2, -0.15) is 0 Å². The third-order valence-electron chi connectivity index (χ3n) is 3.47. The number of hydrogen-bond acceptors (Lipinski definition) is 6. The molecule has 0 bridgehead atoms. The van der Waals surface area contributed by atoms with E-state index in [1.54, 1.807) is 36.4 Å². The molecular weight excluding hydrogens is 549 g/mol. The fourth-order valence-corrected chi connectivity index (χ4v) is 1.88. The van der Waals surface area contributed by atoms with Gasteiger partial charge in [-0.1, -0.05) is 0 Å². The van der Waals surface area contributed by atoms with Gasteiger partial charge in [-0.15, -0.1) is 0 Å². The van der Waals surface area contributed by atoms with E-state index in [9.17, 15) is 14.4 Å². The van der Waals surface area contributed by atoms with Crippen LogP contribution in [0.25, 0.3) is 0 Å². The van der Waals surface area contributed by atoms with Crippen LogP contribution in [0.5, 0.6) is 0 Å². The van der Waals surface area contributed by atoms with Crippen molar-refractivity contribution in [2.24, 2.45) is 0 Å². The van der Waals surface area contributed by atoms with E-state index >= 15 is 0 Å². The third-order valence-corrected chi connectivity index (χ3v) is 3.47. The van der Waals surface area contributed by atoms with Crippen LogP contribution in [0, 0.1) is 38.6 Å². The van der Waals surface area contributed by atoms with Crippen LogP contribution in [0.3, 0.4) is 0 Å². The first-order valence-corrected chi connectivity index (χ1v) is 8.36. The molecular formula is C21H21N3O6Tb. The van der Waals surface area contributed by atoms with Gasteiger partial charge >= 0.3 is 17.9 Å². The monoisotopic (exact) mass is 570 g/mol. The first-order chi connectivity index (χ1) is 14.1. The van der Waals surface area contributed by atoms with E-state index in [-0.39, 0.29) is 55.3 Å². The van der Waals surface area contributed by atoms with Crippen molar-refractivity contribution in [2.45, 2.75) is 0 Å². The minimum atomic E-state index is -0.931. The van der Waals surface area contributed by atoms with Gasteiger partial charge < -0.3 is 32.5 Å². The van der Waals surface area contributed by atoms with Crippen LogP contribution in [0.15, 0.2) is 72.8 Å². The molecule has 9 N–H and O–H groups in total. The Morgan fingerprint density at radius 3 is 0.742 bits per heavy atom. The Labute approximate surface area is 208 Å². The predicted molar refractivity (Wildman–Crippen MR) is 113 cm³/mol. The van der Waals surface area contributed by atoms with Gasteiger partial charge in [-0.05, 0) is 72.8 Å². The summed E-state index contributed by atoms with van der Waals surface area (Å²) in [5.41, 5.74) is 18.5. The first kappa shape index (κ1) is 27.8. The van der Waals surface area contributed by atoms with E-state index < -0.39 is 17.9 Å². The van der Waals surface area contributed by atoms with E-state index in [0.29, 0.717) is 17.1 Å². The maximum absolute atomic E-state index is 10.3. The molecule has 0 aromatic heterocycles. The summed E-state index contributed by atoms with van der Waals surface area (Å²) in [4.78, 5) is 30.8. The van der Waals surface area contributed by atoms with Gasteiger partial charge in [-0.3, -0.25) is 0 Å². The maximum Gasteiger partial charge on any atom is 0.335 e. The fraction of sp³-hybridized carbons (Fsp3) is 0. The van der Waals surface area contributed by atoms with Crippen molar-refractivity contribution < 1.29 is 68.3 Å². The summed E-state index contributed by atoms with van der Waals surface area (Å²) in [5.74, 6) is -2.79. The molecule has 1 radical (unpaired) electrons. The largest absolute Gasteiger partial charge is 0.478 e. The molecule has 0 atom stereocenters. The number of benzene rings is 3. The first-order valence-electron chi connectivity index (χ1n) is 8.36. The zero-order valence-corrected chi connectivity index (χ0v) is 18.2. The molecule has 0 saturated heterocycles. The predicted octanol–water partition coefficient (Wildman–Crippen LogP) is 2.90. The molecule has 165 valence electrons. The van der Waals surface area contributed by atoms with Gasteiger partial charge in [0, 0.05) is 55.7 Å². The number of carboxylic acids is 3. The molecule has 0 amide bonds. The Hall–Kier alpha value is -3.24. The van der Waals surface area contributed by atoms with E-state index in [4.69, 9.17) is 32.5 Å². The van der Waals surface area contributed by atoms with Crippen molar-refractivity contribution in [1.29, 1.82) is 0 Å². The summed E-state index contributed by atoms with van der Waals surface area (Å²) in [6.45, 7) is 0. The Bertz CT molecular complexity index is 859. The van der Waals surface area contributed by atoms with Crippen LogP contribution < -0.4 is 17.2 Å². The van der Waals surface area contributed by atoms with Crippen molar-refractivity contribution in [2.75, 3.05) is 17.2 Å². The molecule has 0 saturated carbocycles. The minimum Gasteiger partial charge on any atom is -0.478 e. The normalized spacial score (nSPS) is 8.90. The minimum absolute atomic E-state index is 0. The molecule has 0 aliphatic rings. The number of aromatic carboxylic acids is 3. The quantitative estimate of drug-likeness (QED) is 0.257. The molecule has 3 aromatic carbocycles. The summed E-state index contributed by atoms with van der Waals surface area (Å²) < 4.78 is 0. The summed E-state index contributed by atoms with van der Waals surface area (Å²) in [5, 5.41) is 25.3. The van der Waals surface area contributed by atoms with Crippen molar-refractivity contribution in [3.8, 4) is 0 Å². The van der Waals surface area contributed by atoms with Gasteiger partial charge in [0.2, 0.25) is 0 Å². The van der Waals surface area contributed by atoms with Crippen molar-refractivity contribution in [3.63, 3.8) is 0 Å². The van der Waals surface area contributed by atoms with Gasteiger partial charge in [0.15, 0.2) is 0 Å². The van der Waals surface area contributed by atoms with Gasteiger partial charge in [0.25, 0.3) is 0 Å². The van der Waals surface area contributed by atoms with Crippen LogP contribution in [0.2, 0.25) is 0 Å². The molecule has 31 heavy (non-hydrogen) atoms. The molecule has 3 aromatic rings. The molecule has 0 heterocycles. The molecule has 0 aliphatic heterocycles. The van der Waals surface area contributed by atoms with E-state index in [0.717, 1.165) is 0 Å². The fourth-order valence-electron chi connectivity index (χ4n) is 1.88. The Balaban J connectivity index is 0.000000429. The van der Waals surface area contributed by atoms with Gasteiger partial charge in [0.1, 0.15) is 0 Å². The second kappa shape index (κ2) is 13.9. The number of nitrogen functional groups attached to an aromatic ring is 3. The van der Waals surface area contributed by atoms with Crippen LogP contribution in [-0.4, -0.2) is 33.2 Å². The number of anilines is 3. The topological polar surface area (TPSA) is 190 Å². The standard InChI is InChI=1S/3C7H7NO2.Tb/c3*8-6-3-1-5(2-4-6)7(9)10;/h3*1-4H,8H2,(H,9,10);. The zero-order valence-electron chi connectivity index (χ0n) is 16.1. The molecule has 0 fully saturated rings. The maximum atomic E-state index is 10.3. The number of hydrogen-bond donors (Lipinski definition) is 6. The van der Waals surface area contributed by atoms with E-state index in [2.05, 4.69) is 0 Å². The second-order valence-corrected chi connectivity index (χ2v) is 5.78. The number of carboxylic acid groups (broad SMARTS) is 3. The summed E-state index contributed by atoms with van der Waals surface area (Å²) >= 11 is 0. The Morgan fingerprint density at radius 1 is 0.452 bits per heavy atom. The SMILES string of the molecule is Nc1ccc(C(=O)O)cc1.Nc1ccc(C(=O)O)cc1.Nc1ccc(C(=O)O)cc1.[Tb]. The smallest absolute Gasteiger partial charge is 0.335 e. The Kier molecular flexibility index (Phi) is 12.4. The number of nitrogens with two attached hydrogens (primary N) is 3. The Morgan fingerprint density at radius 2 is 0.613 bits per heavy atom. The van der Waals surface area contributed by atoms with Crippen LogP contribution >= 0.6 is 0 Å². The number of rotatable bonds is 3. The van der Waals surface area contributed by atoms with Crippen molar-refractivity contribution >= 4 is 35.0 Å². The zero-order chi connectivity index (χ0) is 22.7. The average molecular weight is 570 g/mol. The van der Waals surface area contributed by atoms with Gasteiger partial charge in [-0.25, -0.2) is 14.4 Å². The molecule has 10 heteroatoms. The van der Waals surface area contributed by atoms with Crippen molar-refractivity contribution in [3.05, 3.63) is 89.5 Å². The third kappa shape index (κ3) is 10.9.